The number of carbonyl (C=O) groups is 1. The molecule has 0 aromatic rings. The summed E-state index contributed by atoms with van der Waals surface area (Å²) in [6.07, 6.45) is 6.63. The van der Waals surface area contributed by atoms with E-state index in [9.17, 15) is 4.79 Å². The highest BCUT2D eigenvalue weighted by atomic mass is 16.5. The molecule has 0 aromatic heterocycles. The van der Waals surface area contributed by atoms with E-state index in [0.717, 1.165) is 25.7 Å². The lowest BCUT2D eigenvalue weighted by atomic mass is 9.90. The molecule has 1 saturated carbocycles. The van der Waals surface area contributed by atoms with Crippen LogP contribution in [0, 0.1) is 0 Å². The fourth-order valence-corrected chi connectivity index (χ4v) is 2.33. The van der Waals surface area contributed by atoms with E-state index >= 15 is 0 Å². The van der Waals surface area contributed by atoms with E-state index in [1.807, 2.05) is 6.92 Å². The summed E-state index contributed by atoms with van der Waals surface area (Å²) >= 11 is 0. The second-order valence-corrected chi connectivity index (χ2v) is 4.10. The molecule has 0 atom stereocenters. The van der Waals surface area contributed by atoms with Gasteiger partial charge in [0.25, 0.3) is 0 Å². The molecule has 0 amide bonds. The summed E-state index contributed by atoms with van der Waals surface area (Å²) in [5, 5.41) is 8.87. The van der Waals surface area contributed by atoms with Gasteiger partial charge in [-0.1, -0.05) is 25.7 Å². The fraction of sp³-hybridized carbons (Fsp3) is 0.909. The Hall–Kier alpha value is -0.570. The molecule has 1 N–H and O–H groups in total. The number of hydrogen-bond donors (Lipinski definition) is 1. The van der Waals surface area contributed by atoms with E-state index < -0.39 is 5.97 Å². The SMILES string of the molecule is CCOC1(CC(=O)O)CCCCCC1. The van der Waals surface area contributed by atoms with Gasteiger partial charge < -0.3 is 9.84 Å². The summed E-state index contributed by atoms with van der Waals surface area (Å²) in [6, 6.07) is 0. The summed E-state index contributed by atoms with van der Waals surface area (Å²) in [7, 11) is 0. The normalized spacial score (nSPS) is 21.5. The number of aliphatic carboxylic acids is 1. The minimum absolute atomic E-state index is 0.167. The predicted octanol–water partition coefficient (Wildman–Crippen LogP) is 2.59. The van der Waals surface area contributed by atoms with Crippen LogP contribution in [-0.4, -0.2) is 23.3 Å². The van der Waals surface area contributed by atoms with Crippen molar-refractivity contribution in [3.8, 4) is 0 Å². The van der Waals surface area contributed by atoms with Crippen molar-refractivity contribution in [1.29, 1.82) is 0 Å². The molecule has 0 heterocycles. The minimum atomic E-state index is -0.736. The zero-order valence-corrected chi connectivity index (χ0v) is 8.92. The molecule has 3 heteroatoms. The van der Waals surface area contributed by atoms with Crippen LogP contribution >= 0.6 is 0 Å². The summed E-state index contributed by atoms with van der Waals surface area (Å²) in [5.41, 5.74) is -0.364. The third kappa shape index (κ3) is 3.29. The van der Waals surface area contributed by atoms with Crippen LogP contribution in [0.4, 0.5) is 0 Å². The number of ether oxygens (including phenoxy) is 1. The molecule has 0 bridgehead atoms. The second-order valence-electron chi connectivity index (χ2n) is 4.10. The standard InChI is InChI=1S/C11H20O3/c1-2-14-11(9-10(12)13)7-5-3-4-6-8-11/h2-9H2,1H3,(H,12,13). The maximum absolute atomic E-state index is 10.8. The monoisotopic (exact) mass is 200 g/mol. The number of carboxylic acids is 1. The first-order valence-corrected chi connectivity index (χ1v) is 5.54. The summed E-state index contributed by atoms with van der Waals surface area (Å²) in [5.74, 6) is -0.736. The molecule has 82 valence electrons. The Bertz CT molecular complexity index is 181. The molecule has 3 nitrogen and oxygen atoms in total. The van der Waals surface area contributed by atoms with E-state index in [2.05, 4.69) is 0 Å². The summed E-state index contributed by atoms with van der Waals surface area (Å²) < 4.78 is 5.68. The first kappa shape index (κ1) is 11.5. The van der Waals surface area contributed by atoms with Gasteiger partial charge in [-0.25, -0.2) is 0 Å². The Morgan fingerprint density at radius 3 is 2.29 bits per heavy atom. The molecular formula is C11H20O3. The van der Waals surface area contributed by atoms with E-state index in [1.165, 1.54) is 12.8 Å². The molecular weight excluding hydrogens is 180 g/mol. The van der Waals surface area contributed by atoms with Crippen LogP contribution in [0.5, 0.6) is 0 Å². The third-order valence-corrected chi connectivity index (χ3v) is 2.94. The highest BCUT2D eigenvalue weighted by molar-refractivity contribution is 5.68. The van der Waals surface area contributed by atoms with Gasteiger partial charge in [0, 0.05) is 6.61 Å². The Balaban J connectivity index is 2.61. The molecule has 0 aromatic carbocycles. The van der Waals surface area contributed by atoms with Gasteiger partial charge >= 0.3 is 5.97 Å². The molecule has 14 heavy (non-hydrogen) atoms. The molecule has 0 aliphatic heterocycles. The highest BCUT2D eigenvalue weighted by Crippen LogP contribution is 2.33. The molecule has 0 radical (unpaired) electrons. The van der Waals surface area contributed by atoms with E-state index in [1.54, 1.807) is 0 Å². The fourth-order valence-electron chi connectivity index (χ4n) is 2.33. The number of rotatable bonds is 4. The van der Waals surface area contributed by atoms with Crippen LogP contribution in [0.1, 0.15) is 51.9 Å². The predicted molar refractivity (Wildman–Crippen MR) is 54.3 cm³/mol. The van der Waals surface area contributed by atoms with Gasteiger partial charge in [-0.3, -0.25) is 4.79 Å². The van der Waals surface area contributed by atoms with Gasteiger partial charge in [0.15, 0.2) is 0 Å². The lowest BCUT2D eigenvalue weighted by molar-refractivity contribution is -0.146. The van der Waals surface area contributed by atoms with Crippen LogP contribution in [-0.2, 0) is 9.53 Å². The van der Waals surface area contributed by atoms with Crippen LogP contribution < -0.4 is 0 Å². The van der Waals surface area contributed by atoms with Gasteiger partial charge in [-0.05, 0) is 19.8 Å². The molecule has 1 rings (SSSR count). The largest absolute Gasteiger partial charge is 0.481 e. The maximum Gasteiger partial charge on any atom is 0.306 e. The Morgan fingerprint density at radius 2 is 1.86 bits per heavy atom. The van der Waals surface area contributed by atoms with E-state index in [-0.39, 0.29) is 12.0 Å². The van der Waals surface area contributed by atoms with E-state index in [0.29, 0.717) is 6.61 Å². The van der Waals surface area contributed by atoms with E-state index in [4.69, 9.17) is 9.84 Å². The maximum atomic E-state index is 10.8. The van der Waals surface area contributed by atoms with Gasteiger partial charge in [0.1, 0.15) is 0 Å². The van der Waals surface area contributed by atoms with Gasteiger partial charge in [0.2, 0.25) is 0 Å². The zero-order chi connectivity index (χ0) is 10.4. The minimum Gasteiger partial charge on any atom is -0.481 e. The molecule has 0 spiro atoms. The van der Waals surface area contributed by atoms with Gasteiger partial charge in [-0.2, -0.15) is 0 Å². The van der Waals surface area contributed by atoms with Gasteiger partial charge in [-0.15, -0.1) is 0 Å². The average Bonchev–Trinajstić information content (AvgIpc) is 2.30. The quantitative estimate of drug-likeness (QED) is 0.709. The Kier molecular flexibility index (Phi) is 4.39. The van der Waals surface area contributed by atoms with Gasteiger partial charge in [0.05, 0.1) is 12.0 Å². The van der Waals surface area contributed by atoms with Crippen molar-refractivity contribution in [3.05, 3.63) is 0 Å². The van der Waals surface area contributed by atoms with Crippen LogP contribution in [0.2, 0.25) is 0 Å². The van der Waals surface area contributed by atoms with Crippen molar-refractivity contribution in [2.75, 3.05) is 6.61 Å². The van der Waals surface area contributed by atoms with Crippen molar-refractivity contribution in [3.63, 3.8) is 0 Å². The number of hydrogen-bond acceptors (Lipinski definition) is 2. The topological polar surface area (TPSA) is 46.5 Å². The Morgan fingerprint density at radius 1 is 1.29 bits per heavy atom. The second kappa shape index (κ2) is 5.35. The molecule has 1 aliphatic rings. The first-order chi connectivity index (χ1) is 6.68. The summed E-state index contributed by atoms with van der Waals surface area (Å²) in [4.78, 5) is 10.8. The molecule has 0 saturated heterocycles. The average molecular weight is 200 g/mol. The smallest absolute Gasteiger partial charge is 0.306 e. The molecule has 1 fully saturated rings. The van der Waals surface area contributed by atoms with Crippen LogP contribution in [0.25, 0.3) is 0 Å². The molecule has 1 aliphatic carbocycles. The first-order valence-electron chi connectivity index (χ1n) is 5.54. The number of carboxylic acid groups (broad SMARTS) is 1. The lowest BCUT2D eigenvalue weighted by Gasteiger charge is -2.31. The zero-order valence-electron chi connectivity index (χ0n) is 8.92. The summed E-state index contributed by atoms with van der Waals surface area (Å²) in [6.45, 7) is 2.56. The Labute approximate surface area is 85.5 Å². The van der Waals surface area contributed by atoms with Crippen molar-refractivity contribution in [1.82, 2.24) is 0 Å². The molecule has 0 unspecified atom stereocenters. The van der Waals surface area contributed by atoms with Crippen LogP contribution in [0.15, 0.2) is 0 Å². The van der Waals surface area contributed by atoms with Crippen molar-refractivity contribution >= 4 is 5.97 Å². The van der Waals surface area contributed by atoms with Crippen molar-refractivity contribution in [2.45, 2.75) is 57.5 Å². The van der Waals surface area contributed by atoms with Crippen molar-refractivity contribution in [2.24, 2.45) is 0 Å². The lowest BCUT2D eigenvalue weighted by Crippen LogP contribution is -2.34. The van der Waals surface area contributed by atoms with Crippen molar-refractivity contribution < 1.29 is 14.6 Å². The van der Waals surface area contributed by atoms with Crippen LogP contribution in [0.3, 0.4) is 0 Å². The highest BCUT2D eigenvalue weighted by Gasteiger charge is 2.33. The third-order valence-electron chi connectivity index (χ3n) is 2.94.